The van der Waals surface area contributed by atoms with Crippen molar-refractivity contribution in [2.24, 2.45) is 0 Å². The molecule has 0 fully saturated rings. The van der Waals surface area contributed by atoms with Gasteiger partial charge in [-0.1, -0.05) is 0 Å². The van der Waals surface area contributed by atoms with Gasteiger partial charge in [0.15, 0.2) is 0 Å². The fourth-order valence-electron chi connectivity index (χ4n) is 1.68. The zero-order valence-electron chi connectivity index (χ0n) is 9.89. The first-order chi connectivity index (χ1) is 8.08. The Hall–Kier alpha value is -1.88. The molecule has 2 rings (SSSR count). The van der Waals surface area contributed by atoms with Crippen LogP contribution in [0.2, 0.25) is 0 Å². The number of nitrogens with two attached hydrogens (primary N) is 1. The number of benzene rings is 1. The van der Waals surface area contributed by atoms with E-state index in [1.807, 2.05) is 19.0 Å². The maximum atomic E-state index is 13.2. The standard InChI is InChI=1S/C12H15FN4/c1-16(2)8-12-15-5-6-17(12)11-7-9(13)3-4-10(11)14/h3-7H,8,14H2,1-2H3. The Labute approximate surface area is 99.5 Å². The molecule has 0 saturated carbocycles. The summed E-state index contributed by atoms with van der Waals surface area (Å²) < 4.78 is 15.0. The van der Waals surface area contributed by atoms with E-state index in [1.165, 1.54) is 12.1 Å². The molecule has 0 bridgehead atoms. The van der Waals surface area contributed by atoms with Gasteiger partial charge in [0.25, 0.3) is 0 Å². The normalized spacial score (nSPS) is 11.1. The van der Waals surface area contributed by atoms with Crippen LogP contribution in [0.25, 0.3) is 5.69 Å². The Balaban J connectivity index is 2.45. The predicted octanol–water partition coefficient (Wildman–Crippen LogP) is 1.66. The van der Waals surface area contributed by atoms with Gasteiger partial charge in [-0.05, 0) is 32.3 Å². The van der Waals surface area contributed by atoms with E-state index in [2.05, 4.69) is 4.98 Å². The predicted molar refractivity (Wildman–Crippen MR) is 65.3 cm³/mol. The summed E-state index contributed by atoms with van der Waals surface area (Å²) in [6, 6.07) is 4.32. The Morgan fingerprint density at radius 2 is 2.18 bits per heavy atom. The SMILES string of the molecule is CN(C)Cc1nccn1-c1cc(F)ccc1N. The first-order valence-corrected chi connectivity index (χ1v) is 5.30. The van der Waals surface area contributed by atoms with Gasteiger partial charge in [0.05, 0.1) is 17.9 Å². The molecule has 5 heteroatoms. The number of nitrogen functional groups attached to an aromatic ring is 1. The minimum absolute atomic E-state index is 0.307. The molecule has 0 unspecified atom stereocenters. The van der Waals surface area contributed by atoms with Crippen molar-refractivity contribution in [3.05, 3.63) is 42.2 Å². The minimum Gasteiger partial charge on any atom is -0.397 e. The lowest BCUT2D eigenvalue weighted by atomic mass is 10.2. The second-order valence-electron chi connectivity index (χ2n) is 4.15. The summed E-state index contributed by atoms with van der Waals surface area (Å²) in [6.45, 7) is 0.670. The van der Waals surface area contributed by atoms with E-state index in [0.717, 1.165) is 5.82 Å². The second-order valence-corrected chi connectivity index (χ2v) is 4.15. The maximum Gasteiger partial charge on any atom is 0.127 e. The molecule has 0 amide bonds. The number of aromatic nitrogens is 2. The highest BCUT2D eigenvalue weighted by Crippen LogP contribution is 2.20. The minimum atomic E-state index is -0.307. The largest absolute Gasteiger partial charge is 0.397 e. The quantitative estimate of drug-likeness (QED) is 0.821. The van der Waals surface area contributed by atoms with E-state index in [4.69, 9.17) is 5.73 Å². The highest BCUT2D eigenvalue weighted by atomic mass is 19.1. The van der Waals surface area contributed by atoms with Crippen molar-refractivity contribution in [2.45, 2.75) is 6.54 Å². The van der Waals surface area contributed by atoms with Crippen LogP contribution in [0, 0.1) is 5.82 Å². The van der Waals surface area contributed by atoms with Gasteiger partial charge in [-0.2, -0.15) is 0 Å². The highest BCUT2D eigenvalue weighted by molar-refractivity contribution is 5.58. The summed E-state index contributed by atoms with van der Waals surface area (Å²) in [4.78, 5) is 6.24. The number of imidazole rings is 1. The van der Waals surface area contributed by atoms with Crippen molar-refractivity contribution in [3.8, 4) is 5.69 Å². The van der Waals surface area contributed by atoms with Crippen LogP contribution in [0.5, 0.6) is 0 Å². The van der Waals surface area contributed by atoms with Gasteiger partial charge in [-0.15, -0.1) is 0 Å². The van der Waals surface area contributed by atoms with Crippen LogP contribution >= 0.6 is 0 Å². The highest BCUT2D eigenvalue weighted by Gasteiger charge is 2.09. The summed E-state index contributed by atoms with van der Waals surface area (Å²) in [7, 11) is 3.90. The van der Waals surface area contributed by atoms with Crippen molar-refractivity contribution in [1.29, 1.82) is 0 Å². The number of anilines is 1. The molecule has 0 radical (unpaired) electrons. The zero-order chi connectivity index (χ0) is 12.4. The molecule has 0 aliphatic heterocycles. The molecular weight excluding hydrogens is 219 g/mol. The van der Waals surface area contributed by atoms with Gasteiger partial charge >= 0.3 is 0 Å². The molecule has 2 aromatic rings. The number of nitrogens with zero attached hydrogens (tertiary/aromatic N) is 3. The monoisotopic (exact) mass is 234 g/mol. The molecule has 4 nitrogen and oxygen atoms in total. The van der Waals surface area contributed by atoms with E-state index >= 15 is 0 Å². The molecule has 0 saturated heterocycles. The topological polar surface area (TPSA) is 47.1 Å². The molecule has 0 aliphatic rings. The first kappa shape index (κ1) is 11.6. The number of rotatable bonds is 3. The van der Waals surface area contributed by atoms with Crippen molar-refractivity contribution in [2.75, 3.05) is 19.8 Å². The Morgan fingerprint density at radius 1 is 1.41 bits per heavy atom. The first-order valence-electron chi connectivity index (χ1n) is 5.30. The molecule has 0 atom stereocenters. The van der Waals surface area contributed by atoms with Crippen LogP contribution in [0.15, 0.2) is 30.6 Å². The van der Waals surface area contributed by atoms with Gasteiger partial charge in [-0.25, -0.2) is 9.37 Å². The lowest BCUT2D eigenvalue weighted by molar-refractivity contribution is 0.388. The molecule has 1 aromatic carbocycles. The molecule has 0 aliphatic carbocycles. The van der Waals surface area contributed by atoms with Gasteiger partial charge in [0.1, 0.15) is 11.6 Å². The van der Waals surface area contributed by atoms with Crippen LogP contribution in [0.3, 0.4) is 0 Å². The van der Waals surface area contributed by atoms with E-state index in [0.29, 0.717) is 17.9 Å². The van der Waals surface area contributed by atoms with Gasteiger partial charge in [-0.3, -0.25) is 0 Å². The van der Waals surface area contributed by atoms with E-state index < -0.39 is 0 Å². The molecule has 1 heterocycles. The molecule has 0 spiro atoms. The van der Waals surface area contributed by atoms with Crippen LogP contribution in [-0.2, 0) is 6.54 Å². The third-order valence-corrected chi connectivity index (χ3v) is 2.43. The average molecular weight is 234 g/mol. The average Bonchev–Trinajstić information content (AvgIpc) is 2.69. The van der Waals surface area contributed by atoms with E-state index in [1.54, 1.807) is 23.0 Å². The lowest BCUT2D eigenvalue weighted by Crippen LogP contribution is -2.15. The fourth-order valence-corrected chi connectivity index (χ4v) is 1.68. The summed E-state index contributed by atoms with van der Waals surface area (Å²) in [5.74, 6) is 0.519. The third kappa shape index (κ3) is 2.45. The molecule has 90 valence electrons. The third-order valence-electron chi connectivity index (χ3n) is 2.43. The second kappa shape index (κ2) is 4.55. The zero-order valence-corrected chi connectivity index (χ0v) is 9.89. The molecule has 2 N–H and O–H groups in total. The Bertz CT molecular complexity index is 519. The summed E-state index contributed by atoms with van der Waals surface area (Å²) >= 11 is 0. The van der Waals surface area contributed by atoms with E-state index in [9.17, 15) is 4.39 Å². The van der Waals surface area contributed by atoms with Gasteiger partial charge in [0, 0.05) is 12.4 Å². The Kier molecular flexibility index (Phi) is 3.10. The van der Waals surface area contributed by atoms with Crippen molar-refractivity contribution in [1.82, 2.24) is 14.5 Å². The van der Waals surface area contributed by atoms with Crippen LogP contribution in [0.4, 0.5) is 10.1 Å². The maximum absolute atomic E-state index is 13.2. The summed E-state index contributed by atoms with van der Waals surface area (Å²) in [6.07, 6.45) is 3.47. The van der Waals surface area contributed by atoms with Crippen LogP contribution in [-0.4, -0.2) is 28.5 Å². The van der Waals surface area contributed by atoms with Gasteiger partial charge < -0.3 is 15.2 Å². The molecular formula is C12H15FN4. The van der Waals surface area contributed by atoms with Crippen molar-refractivity contribution < 1.29 is 4.39 Å². The van der Waals surface area contributed by atoms with Gasteiger partial charge in [0.2, 0.25) is 0 Å². The van der Waals surface area contributed by atoms with Crippen molar-refractivity contribution in [3.63, 3.8) is 0 Å². The summed E-state index contributed by atoms with van der Waals surface area (Å²) in [5.41, 5.74) is 7.01. The van der Waals surface area contributed by atoms with Crippen molar-refractivity contribution >= 4 is 5.69 Å². The molecule has 17 heavy (non-hydrogen) atoms. The lowest BCUT2D eigenvalue weighted by Gasteiger charge is -2.13. The Morgan fingerprint density at radius 3 is 2.88 bits per heavy atom. The number of hydrogen-bond donors (Lipinski definition) is 1. The fraction of sp³-hybridized carbons (Fsp3) is 0.250. The van der Waals surface area contributed by atoms with E-state index in [-0.39, 0.29) is 5.82 Å². The summed E-state index contributed by atoms with van der Waals surface area (Å²) in [5, 5.41) is 0. The number of hydrogen-bond acceptors (Lipinski definition) is 3. The van der Waals surface area contributed by atoms with Crippen LogP contribution < -0.4 is 5.73 Å². The van der Waals surface area contributed by atoms with Crippen LogP contribution in [0.1, 0.15) is 5.82 Å². The molecule has 1 aromatic heterocycles. The number of halogens is 1. The smallest absolute Gasteiger partial charge is 0.127 e.